The Hall–Kier alpha value is -2.49. The van der Waals surface area contributed by atoms with E-state index < -0.39 is 0 Å². The number of carbonyl (C=O) groups excluding carboxylic acids is 1. The van der Waals surface area contributed by atoms with E-state index >= 15 is 0 Å². The van der Waals surface area contributed by atoms with E-state index in [0.29, 0.717) is 29.6 Å². The van der Waals surface area contributed by atoms with Crippen LogP contribution in [0.4, 0.5) is 5.69 Å². The van der Waals surface area contributed by atoms with Crippen LogP contribution < -0.4 is 25.4 Å². The highest BCUT2D eigenvalue weighted by Gasteiger charge is 2.07. The molecule has 2 rings (SSSR count). The van der Waals surface area contributed by atoms with Crippen molar-refractivity contribution >= 4 is 41.5 Å². The summed E-state index contributed by atoms with van der Waals surface area (Å²) in [6.45, 7) is 0.671. The van der Waals surface area contributed by atoms with E-state index in [9.17, 15) is 4.79 Å². The molecule has 0 spiro atoms. The summed E-state index contributed by atoms with van der Waals surface area (Å²) in [5, 5.41) is 9.11. The lowest BCUT2D eigenvalue weighted by atomic mass is 10.1. The van der Waals surface area contributed by atoms with Crippen molar-refractivity contribution in [2.45, 2.75) is 6.42 Å². The molecule has 0 radical (unpaired) electrons. The molecule has 7 nitrogen and oxygen atoms in total. The van der Waals surface area contributed by atoms with Crippen LogP contribution in [0.2, 0.25) is 0 Å². The number of aliphatic imine (C=N–C) groups is 1. The van der Waals surface area contributed by atoms with Gasteiger partial charge in [0.25, 0.3) is 5.91 Å². The molecule has 2 aromatic carbocycles. The number of amides is 1. The lowest BCUT2D eigenvalue weighted by Crippen LogP contribution is -2.32. The van der Waals surface area contributed by atoms with Gasteiger partial charge in [-0.25, -0.2) is 0 Å². The lowest BCUT2D eigenvalue weighted by molar-refractivity contribution is 0.0963. The number of guanidine groups is 1. The highest BCUT2D eigenvalue weighted by molar-refractivity contribution is 14.0. The van der Waals surface area contributed by atoms with Crippen molar-refractivity contribution in [3.63, 3.8) is 0 Å². The number of anilines is 1. The molecule has 0 unspecified atom stereocenters. The lowest BCUT2D eigenvalue weighted by Gasteiger charge is -2.14. The SMILES string of the molecule is CN=C(NCCc1cccc(C(=O)NC)c1)Nc1ccc(OC)c(OC)c1.I. The topological polar surface area (TPSA) is 84.0 Å². The number of carbonyl (C=O) groups is 1. The average molecular weight is 498 g/mol. The van der Waals surface area contributed by atoms with E-state index in [0.717, 1.165) is 17.7 Å². The van der Waals surface area contributed by atoms with Crippen molar-refractivity contribution in [2.24, 2.45) is 4.99 Å². The first-order chi connectivity index (χ1) is 13.1. The quantitative estimate of drug-likeness (QED) is 0.311. The van der Waals surface area contributed by atoms with Crippen LogP contribution in [0.3, 0.4) is 0 Å². The highest BCUT2D eigenvalue weighted by Crippen LogP contribution is 2.29. The second-order valence-corrected chi connectivity index (χ2v) is 5.72. The van der Waals surface area contributed by atoms with Gasteiger partial charge in [0, 0.05) is 38.0 Å². The number of rotatable bonds is 7. The second-order valence-electron chi connectivity index (χ2n) is 5.72. The van der Waals surface area contributed by atoms with Gasteiger partial charge >= 0.3 is 0 Å². The van der Waals surface area contributed by atoms with E-state index in [4.69, 9.17) is 9.47 Å². The number of hydrogen-bond donors (Lipinski definition) is 3. The first-order valence-corrected chi connectivity index (χ1v) is 8.62. The summed E-state index contributed by atoms with van der Waals surface area (Å²) >= 11 is 0. The van der Waals surface area contributed by atoms with Crippen molar-refractivity contribution in [1.29, 1.82) is 0 Å². The molecular formula is C20H27IN4O3. The fourth-order valence-electron chi connectivity index (χ4n) is 2.57. The first-order valence-electron chi connectivity index (χ1n) is 8.62. The Kier molecular flexibility index (Phi) is 10.1. The molecule has 0 aromatic heterocycles. The Morgan fingerprint density at radius 3 is 2.46 bits per heavy atom. The highest BCUT2D eigenvalue weighted by atomic mass is 127. The van der Waals surface area contributed by atoms with Gasteiger partial charge < -0.3 is 25.4 Å². The summed E-state index contributed by atoms with van der Waals surface area (Å²) in [5.41, 5.74) is 2.57. The van der Waals surface area contributed by atoms with Crippen LogP contribution in [0.25, 0.3) is 0 Å². The summed E-state index contributed by atoms with van der Waals surface area (Å²) in [6, 6.07) is 13.1. The molecule has 0 aliphatic heterocycles. The van der Waals surface area contributed by atoms with Gasteiger partial charge in [0.05, 0.1) is 14.2 Å². The summed E-state index contributed by atoms with van der Waals surface area (Å²) in [6.07, 6.45) is 0.761. The Labute approximate surface area is 182 Å². The van der Waals surface area contributed by atoms with E-state index in [1.807, 2.05) is 36.4 Å². The number of nitrogens with zero attached hydrogens (tertiary/aromatic N) is 1. The molecule has 0 bridgehead atoms. The largest absolute Gasteiger partial charge is 0.493 e. The number of nitrogens with one attached hydrogen (secondary N) is 3. The molecular weight excluding hydrogens is 471 g/mol. The maximum absolute atomic E-state index is 11.7. The van der Waals surface area contributed by atoms with Crippen molar-refractivity contribution < 1.29 is 14.3 Å². The van der Waals surface area contributed by atoms with Gasteiger partial charge in [-0.05, 0) is 36.2 Å². The summed E-state index contributed by atoms with van der Waals surface area (Å²) in [7, 11) is 6.54. The van der Waals surface area contributed by atoms with E-state index in [1.54, 1.807) is 34.4 Å². The Bertz CT molecular complexity index is 812. The van der Waals surface area contributed by atoms with Crippen molar-refractivity contribution in [2.75, 3.05) is 40.2 Å². The maximum Gasteiger partial charge on any atom is 0.251 e. The van der Waals surface area contributed by atoms with Crippen LogP contribution in [0.5, 0.6) is 11.5 Å². The van der Waals surface area contributed by atoms with Crippen molar-refractivity contribution in [1.82, 2.24) is 10.6 Å². The van der Waals surface area contributed by atoms with Crippen LogP contribution in [0.15, 0.2) is 47.5 Å². The van der Waals surface area contributed by atoms with Crippen LogP contribution in [-0.2, 0) is 6.42 Å². The summed E-state index contributed by atoms with van der Waals surface area (Å²) in [5.74, 6) is 1.87. The number of benzene rings is 2. The van der Waals surface area contributed by atoms with Gasteiger partial charge in [0.2, 0.25) is 0 Å². The normalized spacial score (nSPS) is 10.5. The predicted octanol–water partition coefficient (Wildman–Crippen LogP) is 2.91. The van der Waals surface area contributed by atoms with Gasteiger partial charge in [-0.1, -0.05) is 12.1 Å². The molecule has 0 atom stereocenters. The number of methoxy groups -OCH3 is 2. The van der Waals surface area contributed by atoms with Gasteiger partial charge in [-0.2, -0.15) is 0 Å². The monoisotopic (exact) mass is 498 g/mol. The molecule has 0 aliphatic carbocycles. The molecule has 0 saturated heterocycles. The smallest absolute Gasteiger partial charge is 0.251 e. The Balaban J connectivity index is 0.00000392. The van der Waals surface area contributed by atoms with Crippen LogP contribution in [-0.4, -0.2) is 46.7 Å². The minimum absolute atomic E-state index is 0. The predicted molar refractivity (Wildman–Crippen MR) is 123 cm³/mol. The standard InChI is InChI=1S/C20H26N4O3.HI/c1-21-19(25)15-7-5-6-14(12-15)10-11-23-20(22-2)24-16-8-9-17(26-3)18(13-16)27-4;/h5-9,12-13H,10-11H2,1-4H3,(H,21,25)(H2,22,23,24);1H. The van der Waals surface area contributed by atoms with E-state index in [-0.39, 0.29) is 29.9 Å². The van der Waals surface area contributed by atoms with Gasteiger partial charge in [-0.3, -0.25) is 9.79 Å². The van der Waals surface area contributed by atoms with E-state index in [2.05, 4.69) is 20.9 Å². The van der Waals surface area contributed by atoms with E-state index in [1.165, 1.54) is 0 Å². The molecule has 8 heteroatoms. The maximum atomic E-state index is 11.7. The molecule has 0 heterocycles. The zero-order valence-electron chi connectivity index (χ0n) is 16.5. The second kappa shape index (κ2) is 12.1. The average Bonchev–Trinajstić information content (AvgIpc) is 2.72. The molecule has 152 valence electrons. The first kappa shape index (κ1) is 23.5. The number of halogens is 1. The Morgan fingerprint density at radius 1 is 1.07 bits per heavy atom. The molecule has 0 aliphatic rings. The minimum Gasteiger partial charge on any atom is -0.493 e. The summed E-state index contributed by atoms with van der Waals surface area (Å²) in [4.78, 5) is 16.0. The van der Waals surface area contributed by atoms with Crippen LogP contribution >= 0.6 is 24.0 Å². The van der Waals surface area contributed by atoms with Crippen LogP contribution in [0, 0.1) is 0 Å². The third kappa shape index (κ3) is 6.59. The number of hydrogen-bond acceptors (Lipinski definition) is 4. The number of ether oxygens (including phenoxy) is 2. The third-order valence-corrected chi connectivity index (χ3v) is 3.99. The van der Waals surface area contributed by atoms with Gasteiger partial charge in [0.15, 0.2) is 17.5 Å². The van der Waals surface area contributed by atoms with Crippen molar-refractivity contribution in [3.8, 4) is 11.5 Å². The fourth-order valence-corrected chi connectivity index (χ4v) is 2.57. The molecule has 0 saturated carbocycles. The molecule has 28 heavy (non-hydrogen) atoms. The molecule has 0 fully saturated rings. The molecule has 3 N–H and O–H groups in total. The molecule has 1 amide bonds. The minimum atomic E-state index is -0.0873. The van der Waals surface area contributed by atoms with Crippen LogP contribution in [0.1, 0.15) is 15.9 Å². The molecule has 2 aromatic rings. The zero-order valence-corrected chi connectivity index (χ0v) is 18.9. The fraction of sp³-hybridized carbons (Fsp3) is 0.300. The van der Waals surface area contributed by atoms with Gasteiger partial charge in [0.1, 0.15) is 0 Å². The summed E-state index contributed by atoms with van der Waals surface area (Å²) < 4.78 is 10.6. The van der Waals surface area contributed by atoms with Gasteiger partial charge in [-0.15, -0.1) is 24.0 Å². The third-order valence-electron chi connectivity index (χ3n) is 3.99. The Morgan fingerprint density at radius 2 is 1.82 bits per heavy atom. The van der Waals surface area contributed by atoms with Crippen molar-refractivity contribution in [3.05, 3.63) is 53.6 Å². The zero-order chi connectivity index (χ0) is 19.6.